The van der Waals surface area contributed by atoms with E-state index in [0.29, 0.717) is 11.5 Å². The number of H-pyrrole nitrogens is 1. The second-order valence-electron chi connectivity index (χ2n) is 4.77. The summed E-state index contributed by atoms with van der Waals surface area (Å²) in [6.45, 7) is 4.36. The van der Waals surface area contributed by atoms with Crippen LogP contribution in [0, 0.1) is 0 Å². The summed E-state index contributed by atoms with van der Waals surface area (Å²) in [6.07, 6.45) is 2.67. The Hall–Kier alpha value is -2.10. The molecule has 0 aliphatic rings. The first kappa shape index (κ1) is 13.3. The van der Waals surface area contributed by atoms with Crippen molar-refractivity contribution >= 4 is 5.97 Å². The number of nitrogens with one attached hydrogen (secondary N) is 1. The van der Waals surface area contributed by atoms with E-state index < -0.39 is 5.97 Å². The van der Waals surface area contributed by atoms with Gasteiger partial charge in [-0.15, -0.1) is 0 Å². The molecule has 2 rings (SSSR count). The number of aromatic amines is 1. The number of carboxylic acid groups (broad SMARTS) is 1. The SMILES string of the molecule is CCC(C)c1ccc(-c2[nH]ncc2CC(=O)O)cc1. The fourth-order valence-electron chi connectivity index (χ4n) is 2.07. The Morgan fingerprint density at radius 2 is 2.05 bits per heavy atom. The molecule has 1 heterocycles. The predicted octanol–water partition coefficient (Wildman–Crippen LogP) is 3.22. The second-order valence-corrected chi connectivity index (χ2v) is 4.77. The van der Waals surface area contributed by atoms with Crippen LogP contribution in [0.3, 0.4) is 0 Å². The lowest BCUT2D eigenvalue weighted by Gasteiger charge is -2.09. The van der Waals surface area contributed by atoms with Gasteiger partial charge >= 0.3 is 5.97 Å². The summed E-state index contributed by atoms with van der Waals surface area (Å²) >= 11 is 0. The van der Waals surface area contributed by atoms with Crippen LogP contribution in [0.4, 0.5) is 0 Å². The number of carboxylic acids is 1. The van der Waals surface area contributed by atoms with E-state index in [2.05, 4.69) is 36.2 Å². The van der Waals surface area contributed by atoms with Crippen LogP contribution in [-0.2, 0) is 11.2 Å². The van der Waals surface area contributed by atoms with Gasteiger partial charge in [0, 0.05) is 5.56 Å². The van der Waals surface area contributed by atoms with Gasteiger partial charge in [-0.1, -0.05) is 38.1 Å². The number of carbonyl (C=O) groups is 1. The lowest BCUT2D eigenvalue weighted by molar-refractivity contribution is -0.136. The number of benzene rings is 1. The summed E-state index contributed by atoms with van der Waals surface area (Å²) in [5.74, 6) is -0.312. The van der Waals surface area contributed by atoms with Crippen LogP contribution < -0.4 is 0 Å². The summed E-state index contributed by atoms with van der Waals surface area (Å²) in [7, 11) is 0. The van der Waals surface area contributed by atoms with E-state index in [9.17, 15) is 4.79 Å². The summed E-state index contributed by atoms with van der Waals surface area (Å²) in [6, 6.07) is 8.21. The van der Waals surface area contributed by atoms with E-state index >= 15 is 0 Å². The van der Waals surface area contributed by atoms with E-state index in [4.69, 9.17) is 5.11 Å². The van der Waals surface area contributed by atoms with Gasteiger partial charge in [0.2, 0.25) is 0 Å². The van der Waals surface area contributed by atoms with E-state index in [0.717, 1.165) is 17.7 Å². The Bertz CT molecular complexity index is 558. The Kier molecular flexibility index (Phi) is 4.00. The average Bonchev–Trinajstić information content (AvgIpc) is 2.85. The maximum atomic E-state index is 10.8. The highest BCUT2D eigenvalue weighted by Crippen LogP contribution is 2.25. The highest BCUT2D eigenvalue weighted by atomic mass is 16.4. The van der Waals surface area contributed by atoms with E-state index in [1.54, 1.807) is 6.20 Å². The van der Waals surface area contributed by atoms with Crippen LogP contribution in [0.1, 0.15) is 37.3 Å². The molecule has 0 bridgehead atoms. The first-order valence-electron chi connectivity index (χ1n) is 6.46. The Labute approximate surface area is 112 Å². The van der Waals surface area contributed by atoms with Crippen molar-refractivity contribution in [2.24, 2.45) is 0 Å². The number of hydrogen-bond acceptors (Lipinski definition) is 2. The van der Waals surface area contributed by atoms with Crippen LogP contribution in [0.15, 0.2) is 30.5 Å². The molecule has 0 saturated carbocycles. The summed E-state index contributed by atoms with van der Waals surface area (Å²) < 4.78 is 0. The Morgan fingerprint density at radius 1 is 1.37 bits per heavy atom. The molecule has 4 heteroatoms. The van der Waals surface area contributed by atoms with Gasteiger partial charge in [0.1, 0.15) is 0 Å². The van der Waals surface area contributed by atoms with E-state index in [1.165, 1.54) is 5.56 Å². The second kappa shape index (κ2) is 5.69. The lowest BCUT2D eigenvalue weighted by Crippen LogP contribution is -2.00. The number of hydrogen-bond donors (Lipinski definition) is 2. The molecule has 0 radical (unpaired) electrons. The largest absolute Gasteiger partial charge is 0.481 e. The quantitative estimate of drug-likeness (QED) is 0.865. The molecule has 0 aliphatic heterocycles. The van der Waals surface area contributed by atoms with Crippen LogP contribution >= 0.6 is 0 Å². The highest BCUT2D eigenvalue weighted by Gasteiger charge is 2.11. The van der Waals surface area contributed by atoms with Gasteiger partial charge in [-0.2, -0.15) is 5.10 Å². The molecule has 19 heavy (non-hydrogen) atoms. The molecule has 1 unspecified atom stereocenters. The topological polar surface area (TPSA) is 66.0 Å². The average molecular weight is 258 g/mol. The third-order valence-electron chi connectivity index (χ3n) is 3.44. The Morgan fingerprint density at radius 3 is 2.63 bits per heavy atom. The standard InChI is InChI=1S/C15H18N2O2/c1-3-10(2)11-4-6-12(7-5-11)15-13(8-14(18)19)9-16-17-15/h4-7,9-10H,3,8H2,1-2H3,(H,16,17)(H,18,19). The number of rotatable bonds is 5. The van der Waals surface area contributed by atoms with Gasteiger partial charge < -0.3 is 5.11 Å². The van der Waals surface area contributed by atoms with Gasteiger partial charge in [0.05, 0.1) is 18.3 Å². The molecule has 2 N–H and O–H groups in total. The first-order valence-corrected chi connectivity index (χ1v) is 6.46. The fourth-order valence-corrected chi connectivity index (χ4v) is 2.07. The molecule has 0 saturated heterocycles. The van der Waals surface area contributed by atoms with Gasteiger partial charge in [0.25, 0.3) is 0 Å². The molecule has 0 fully saturated rings. The minimum Gasteiger partial charge on any atom is -0.481 e. The molecule has 2 aromatic rings. The number of aromatic nitrogens is 2. The number of nitrogens with zero attached hydrogens (tertiary/aromatic N) is 1. The zero-order valence-electron chi connectivity index (χ0n) is 11.2. The van der Waals surface area contributed by atoms with Crippen LogP contribution in [-0.4, -0.2) is 21.3 Å². The van der Waals surface area contributed by atoms with Crippen LogP contribution in [0.2, 0.25) is 0 Å². The van der Waals surface area contributed by atoms with E-state index in [-0.39, 0.29) is 6.42 Å². The molecule has 1 aromatic carbocycles. The molecular formula is C15H18N2O2. The highest BCUT2D eigenvalue weighted by molar-refractivity contribution is 5.74. The van der Waals surface area contributed by atoms with Crippen molar-refractivity contribution < 1.29 is 9.90 Å². The molecule has 4 nitrogen and oxygen atoms in total. The van der Waals surface area contributed by atoms with Crippen molar-refractivity contribution in [1.29, 1.82) is 0 Å². The zero-order chi connectivity index (χ0) is 13.8. The van der Waals surface area contributed by atoms with Crippen molar-refractivity contribution in [3.05, 3.63) is 41.6 Å². The zero-order valence-corrected chi connectivity index (χ0v) is 11.2. The molecule has 1 atom stereocenters. The normalized spacial score (nSPS) is 12.3. The van der Waals surface area contributed by atoms with Crippen molar-refractivity contribution in [3.8, 4) is 11.3 Å². The molecule has 100 valence electrons. The first-order chi connectivity index (χ1) is 9.11. The number of aliphatic carboxylic acids is 1. The van der Waals surface area contributed by atoms with Gasteiger partial charge in [-0.05, 0) is 23.5 Å². The molecule has 0 spiro atoms. The smallest absolute Gasteiger partial charge is 0.307 e. The fraction of sp³-hybridized carbons (Fsp3) is 0.333. The Balaban J connectivity index is 2.27. The maximum absolute atomic E-state index is 10.8. The lowest BCUT2D eigenvalue weighted by atomic mass is 9.96. The van der Waals surface area contributed by atoms with Gasteiger partial charge in [0.15, 0.2) is 0 Å². The predicted molar refractivity (Wildman–Crippen MR) is 74.1 cm³/mol. The summed E-state index contributed by atoms with van der Waals surface area (Å²) in [5.41, 5.74) is 3.77. The van der Waals surface area contributed by atoms with Crippen molar-refractivity contribution in [3.63, 3.8) is 0 Å². The molecule has 0 amide bonds. The molecular weight excluding hydrogens is 240 g/mol. The summed E-state index contributed by atoms with van der Waals surface area (Å²) in [5, 5.41) is 15.7. The monoisotopic (exact) mass is 258 g/mol. The minimum absolute atomic E-state index is 0.0149. The van der Waals surface area contributed by atoms with Gasteiger partial charge in [-0.25, -0.2) is 0 Å². The van der Waals surface area contributed by atoms with E-state index in [1.807, 2.05) is 12.1 Å². The van der Waals surface area contributed by atoms with Crippen LogP contribution in [0.25, 0.3) is 11.3 Å². The molecule has 0 aliphatic carbocycles. The third kappa shape index (κ3) is 3.02. The van der Waals surface area contributed by atoms with Crippen molar-refractivity contribution in [2.45, 2.75) is 32.6 Å². The molecule has 1 aromatic heterocycles. The van der Waals surface area contributed by atoms with Crippen molar-refractivity contribution in [2.75, 3.05) is 0 Å². The minimum atomic E-state index is -0.848. The third-order valence-corrected chi connectivity index (χ3v) is 3.44. The van der Waals surface area contributed by atoms with Crippen molar-refractivity contribution in [1.82, 2.24) is 10.2 Å². The van der Waals surface area contributed by atoms with Gasteiger partial charge in [-0.3, -0.25) is 9.89 Å². The maximum Gasteiger partial charge on any atom is 0.307 e. The summed E-state index contributed by atoms with van der Waals surface area (Å²) in [4.78, 5) is 10.8. The van der Waals surface area contributed by atoms with Crippen LogP contribution in [0.5, 0.6) is 0 Å².